The van der Waals surface area contributed by atoms with Crippen LogP contribution < -0.4 is 4.90 Å². The van der Waals surface area contributed by atoms with Crippen LogP contribution in [0.25, 0.3) is 66.8 Å². The summed E-state index contributed by atoms with van der Waals surface area (Å²) in [6.45, 7) is 9.69. The third kappa shape index (κ3) is 5.99. The monoisotopic (exact) mass is 781 g/mol. The lowest BCUT2D eigenvalue weighted by Crippen LogP contribution is -2.18. The second-order valence-corrected chi connectivity index (χ2v) is 17.7. The maximum atomic E-state index is 2.55. The van der Waals surface area contributed by atoms with Gasteiger partial charge in [-0.05, 0) is 138 Å². The zero-order valence-corrected chi connectivity index (χ0v) is 35.2. The summed E-state index contributed by atoms with van der Waals surface area (Å²) >= 11 is 0. The van der Waals surface area contributed by atoms with E-state index in [2.05, 4.69) is 245 Å². The van der Waals surface area contributed by atoms with Crippen LogP contribution in [0, 0.1) is 0 Å². The van der Waals surface area contributed by atoms with E-state index in [0.717, 1.165) is 17.1 Å². The van der Waals surface area contributed by atoms with Crippen LogP contribution in [0.1, 0.15) is 49.9 Å². The number of nitrogens with zero attached hydrogens (tertiary/aromatic N) is 1. The Morgan fingerprint density at radius 1 is 0.279 bits per heavy atom. The van der Waals surface area contributed by atoms with E-state index in [-0.39, 0.29) is 10.8 Å². The fraction of sp³-hybridized carbons (Fsp3) is 0.100. The zero-order chi connectivity index (χ0) is 41.3. The van der Waals surface area contributed by atoms with E-state index in [1.54, 1.807) is 0 Å². The van der Waals surface area contributed by atoms with Crippen LogP contribution in [0.2, 0.25) is 0 Å². The normalized spacial score (nSPS) is 13.8. The van der Waals surface area contributed by atoms with Crippen LogP contribution in [0.4, 0.5) is 17.1 Å². The molecule has 2 aliphatic rings. The highest BCUT2D eigenvalue weighted by Gasteiger charge is 2.43. The quantitative estimate of drug-likeness (QED) is 0.156. The molecule has 0 unspecified atom stereocenters. The summed E-state index contributed by atoms with van der Waals surface area (Å²) in [6.07, 6.45) is 0. The van der Waals surface area contributed by atoms with Crippen molar-refractivity contribution in [3.05, 3.63) is 235 Å². The molecule has 0 aromatic heterocycles. The highest BCUT2D eigenvalue weighted by atomic mass is 15.1. The summed E-state index contributed by atoms with van der Waals surface area (Å²) in [5, 5.41) is 0. The molecule has 0 saturated carbocycles. The maximum absolute atomic E-state index is 2.55. The molecule has 292 valence electrons. The molecule has 0 amide bonds. The van der Waals surface area contributed by atoms with Gasteiger partial charge in [-0.25, -0.2) is 0 Å². The molecule has 9 aromatic carbocycles. The minimum Gasteiger partial charge on any atom is -0.310 e. The van der Waals surface area contributed by atoms with Gasteiger partial charge in [-0.3, -0.25) is 0 Å². The van der Waals surface area contributed by atoms with Gasteiger partial charge in [-0.2, -0.15) is 0 Å². The lowest BCUT2D eigenvalue weighted by Gasteiger charge is -2.30. The number of para-hydroxylation sites is 1. The second kappa shape index (κ2) is 14.2. The molecule has 0 fully saturated rings. The Morgan fingerprint density at radius 3 is 1.34 bits per heavy atom. The molecule has 0 spiro atoms. The molecule has 9 aromatic rings. The van der Waals surface area contributed by atoms with Crippen LogP contribution in [0.15, 0.2) is 212 Å². The third-order valence-electron chi connectivity index (χ3n) is 13.4. The summed E-state index contributed by atoms with van der Waals surface area (Å²) in [5.74, 6) is 0. The number of hydrogen-bond acceptors (Lipinski definition) is 1. The Kier molecular flexibility index (Phi) is 8.58. The lowest BCUT2D eigenvalue weighted by atomic mass is 9.77. The topological polar surface area (TPSA) is 3.24 Å². The van der Waals surface area contributed by atoms with Gasteiger partial charge in [0.15, 0.2) is 0 Å². The van der Waals surface area contributed by atoms with Crippen molar-refractivity contribution in [1.29, 1.82) is 0 Å². The van der Waals surface area contributed by atoms with Crippen molar-refractivity contribution in [2.45, 2.75) is 38.5 Å². The van der Waals surface area contributed by atoms with Gasteiger partial charge in [-0.15, -0.1) is 0 Å². The van der Waals surface area contributed by atoms with Crippen molar-refractivity contribution < 1.29 is 0 Å². The first-order chi connectivity index (χ1) is 29.8. The zero-order valence-electron chi connectivity index (χ0n) is 35.2. The summed E-state index contributed by atoms with van der Waals surface area (Å²) in [4.78, 5) is 2.45. The summed E-state index contributed by atoms with van der Waals surface area (Å²) < 4.78 is 0. The molecule has 0 bridgehead atoms. The number of fused-ring (bicyclic) bond motifs is 6. The molecule has 1 heteroatoms. The van der Waals surface area contributed by atoms with Crippen LogP contribution in [0.3, 0.4) is 0 Å². The molecule has 1 nitrogen and oxygen atoms in total. The number of rotatable bonds is 7. The van der Waals surface area contributed by atoms with Gasteiger partial charge < -0.3 is 4.90 Å². The molecule has 0 saturated heterocycles. The van der Waals surface area contributed by atoms with Crippen molar-refractivity contribution in [2.24, 2.45) is 0 Å². The van der Waals surface area contributed by atoms with E-state index in [1.807, 2.05) is 0 Å². The van der Waals surface area contributed by atoms with Gasteiger partial charge in [-0.1, -0.05) is 185 Å². The molecular formula is C60H47N. The molecule has 0 atom stereocenters. The van der Waals surface area contributed by atoms with Crippen LogP contribution in [-0.4, -0.2) is 0 Å². The first-order valence-electron chi connectivity index (χ1n) is 21.5. The van der Waals surface area contributed by atoms with E-state index in [0.29, 0.717) is 0 Å². The van der Waals surface area contributed by atoms with E-state index >= 15 is 0 Å². The SMILES string of the molecule is CC1(C)c2cc(N(c3ccc(-c4ccccc4)cc3)c3ccccc3-c3ccccc3)ccc2-c2cc3c(cc21)-c1cc(-c2ccccc2)cc(-c2ccccc2)c1C3(C)C. The second-order valence-electron chi connectivity index (χ2n) is 17.7. The molecule has 0 radical (unpaired) electrons. The molecule has 0 heterocycles. The Morgan fingerprint density at radius 2 is 0.721 bits per heavy atom. The molecule has 0 N–H and O–H groups in total. The van der Waals surface area contributed by atoms with Gasteiger partial charge in [0.05, 0.1) is 5.69 Å². The Bertz CT molecular complexity index is 3090. The first-order valence-corrected chi connectivity index (χ1v) is 21.5. The fourth-order valence-corrected chi connectivity index (χ4v) is 10.3. The van der Waals surface area contributed by atoms with E-state index in [1.165, 1.54) is 89.0 Å². The van der Waals surface area contributed by atoms with Gasteiger partial charge in [0.25, 0.3) is 0 Å². The number of anilines is 3. The predicted octanol–water partition coefficient (Wildman–Crippen LogP) is 16.4. The van der Waals surface area contributed by atoms with Gasteiger partial charge in [0.2, 0.25) is 0 Å². The highest BCUT2D eigenvalue weighted by Crippen LogP contribution is 2.59. The van der Waals surface area contributed by atoms with E-state index in [4.69, 9.17) is 0 Å². The standard InChI is InChI=1S/C60H47N/c1-59(2)54-37-47(61(46-31-29-42(30-32-46)40-19-9-5-10-20-40)57-28-18-17-27-48(57)43-23-13-7-14-24-43)33-34-49(54)51-38-56-52(39-55(51)59)53-36-45(41-21-11-6-12-22-41)35-50(58(53)60(56,3)4)44-25-15-8-16-26-44/h5-39H,1-4H3. The third-order valence-corrected chi connectivity index (χ3v) is 13.4. The number of hydrogen-bond donors (Lipinski definition) is 0. The largest absolute Gasteiger partial charge is 0.310 e. The highest BCUT2D eigenvalue weighted by molar-refractivity contribution is 5.96. The van der Waals surface area contributed by atoms with Crippen LogP contribution in [0.5, 0.6) is 0 Å². The smallest absolute Gasteiger partial charge is 0.0540 e. The average Bonchev–Trinajstić information content (AvgIpc) is 3.68. The van der Waals surface area contributed by atoms with Crippen molar-refractivity contribution >= 4 is 17.1 Å². The lowest BCUT2D eigenvalue weighted by molar-refractivity contribution is 0.653. The first kappa shape index (κ1) is 36.8. The van der Waals surface area contributed by atoms with Crippen molar-refractivity contribution in [2.75, 3.05) is 4.90 Å². The van der Waals surface area contributed by atoms with Crippen molar-refractivity contribution in [1.82, 2.24) is 0 Å². The molecule has 0 aliphatic heterocycles. The maximum Gasteiger partial charge on any atom is 0.0540 e. The minimum absolute atomic E-state index is 0.198. The van der Waals surface area contributed by atoms with Crippen LogP contribution in [-0.2, 0) is 10.8 Å². The van der Waals surface area contributed by atoms with Crippen molar-refractivity contribution in [3.63, 3.8) is 0 Å². The molecule has 2 aliphatic carbocycles. The van der Waals surface area contributed by atoms with E-state index in [9.17, 15) is 0 Å². The minimum atomic E-state index is -0.232. The number of benzene rings is 9. The fourth-order valence-electron chi connectivity index (χ4n) is 10.3. The molecule has 11 rings (SSSR count). The van der Waals surface area contributed by atoms with Gasteiger partial charge in [0, 0.05) is 27.8 Å². The van der Waals surface area contributed by atoms with Crippen LogP contribution >= 0.6 is 0 Å². The van der Waals surface area contributed by atoms with E-state index < -0.39 is 0 Å². The Labute approximate surface area is 360 Å². The van der Waals surface area contributed by atoms with Gasteiger partial charge >= 0.3 is 0 Å². The Hall–Kier alpha value is -7.22. The average molecular weight is 782 g/mol. The Balaban J connectivity index is 1.07. The predicted molar refractivity (Wildman–Crippen MR) is 258 cm³/mol. The van der Waals surface area contributed by atoms with Gasteiger partial charge in [0.1, 0.15) is 0 Å². The summed E-state index contributed by atoms with van der Waals surface area (Å²) in [7, 11) is 0. The summed E-state index contributed by atoms with van der Waals surface area (Å²) in [5.41, 5.74) is 23.8. The van der Waals surface area contributed by atoms with Crippen molar-refractivity contribution in [3.8, 4) is 66.8 Å². The molecular weight excluding hydrogens is 735 g/mol. The molecule has 61 heavy (non-hydrogen) atoms. The summed E-state index contributed by atoms with van der Waals surface area (Å²) in [6, 6.07) is 78.2.